The Balaban J connectivity index is 2.00. The molecule has 0 bridgehead atoms. The third-order valence-electron chi connectivity index (χ3n) is 2.51. The van der Waals surface area contributed by atoms with Crippen molar-refractivity contribution in [2.75, 3.05) is 0 Å². The van der Waals surface area contributed by atoms with Crippen LogP contribution in [0.15, 0.2) is 41.2 Å². The summed E-state index contributed by atoms with van der Waals surface area (Å²) in [6, 6.07) is 9.46. The van der Waals surface area contributed by atoms with Gasteiger partial charge in [0.05, 0.1) is 11.4 Å². The topological polar surface area (TPSA) is 95.7 Å². The van der Waals surface area contributed by atoms with Gasteiger partial charge in [-0.25, -0.2) is 4.68 Å². The molecule has 0 aliphatic heterocycles. The minimum absolute atomic E-state index is 0.357. The van der Waals surface area contributed by atoms with Gasteiger partial charge in [-0.05, 0) is 22.6 Å². The molecule has 7 heteroatoms. The molecule has 0 unspecified atom stereocenters. The van der Waals surface area contributed by atoms with Gasteiger partial charge in [-0.15, -0.1) is 5.10 Å². The second-order valence-electron chi connectivity index (χ2n) is 3.69. The first-order chi connectivity index (χ1) is 8.86. The van der Waals surface area contributed by atoms with E-state index in [1.165, 1.54) is 6.33 Å². The quantitative estimate of drug-likeness (QED) is 0.729. The van der Waals surface area contributed by atoms with Gasteiger partial charge in [-0.3, -0.25) is 0 Å². The van der Waals surface area contributed by atoms with Crippen molar-refractivity contribution in [3.63, 3.8) is 0 Å². The molecule has 0 radical (unpaired) electrons. The standard InChI is InChI=1S/C11H10N6O/c12-6-9-5-11(18-14-9)8-2-1-3-10(4-8)17-7-13-15-16-17/h1-5,7H,6,12H2. The smallest absolute Gasteiger partial charge is 0.167 e. The van der Waals surface area contributed by atoms with Crippen LogP contribution in [0.2, 0.25) is 0 Å². The summed E-state index contributed by atoms with van der Waals surface area (Å²) in [4.78, 5) is 0. The summed E-state index contributed by atoms with van der Waals surface area (Å²) in [5.74, 6) is 0.672. The molecule has 18 heavy (non-hydrogen) atoms. The van der Waals surface area contributed by atoms with Crippen LogP contribution in [0.5, 0.6) is 0 Å². The number of aromatic nitrogens is 5. The Morgan fingerprint density at radius 2 is 2.22 bits per heavy atom. The molecule has 90 valence electrons. The molecule has 3 rings (SSSR count). The number of tetrazole rings is 1. The number of hydrogen-bond acceptors (Lipinski definition) is 6. The molecule has 7 nitrogen and oxygen atoms in total. The third kappa shape index (κ3) is 1.87. The molecule has 0 spiro atoms. The molecule has 3 aromatic rings. The third-order valence-corrected chi connectivity index (χ3v) is 2.51. The van der Waals surface area contributed by atoms with E-state index in [1.807, 2.05) is 30.3 Å². The molecule has 2 heterocycles. The molecule has 0 aliphatic carbocycles. The SMILES string of the molecule is NCc1cc(-c2cccc(-n3cnnn3)c2)on1. The monoisotopic (exact) mass is 242 g/mol. The highest BCUT2D eigenvalue weighted by Crippen LogP contribution is 2.22. The van der Waals surface area contributed by atoms with Crippen LogP contribution in [-0.2, 0) is 6.54 Å². The van der Waals surface area contributed by atoms with Crippen LogP contribution in [0, 0.1) is 0 Å². The maximum Gasteiger partial charge on any atom is 0.167 e. The molecule has 0 fully saturated rings. The number of nitrogens with two attached hydrogens (primary N) is 1. The summed E-state index contributed by atoms with van der Waals surface area (Å²) in [5.41, 5.74) is 7.96. The predicted octanol–water partition coefficient (Wildman–Crippen LogP) is 0.776. The number of nitrogens with zero attached hydrogens (tertiary/aromatic N) is 5. The fourth-order valence-electron chi connectivity index (χ4n) is 1.63. The molecule has 1 aromatic carbocycles. The van der Waals surface area contributed by atoms with Crippen LogP contribution in [0.3, 0.4) is 0 Å². The normalized spacial score (nSPS) is 10.7. The lowest BCUT2D eigenvalue weighted by molar-refractivity contribution is 0.424. The largest absolute Gasteiger partial charge is 0.356 e. The van der Waals surface area contributed by atoms with Crippen molar-refractivity contribution in [2.24, 2.45) is 5.73 Å². The Bertz CT molecular complexity index is 645. The van der Waals surface area contributed by atoms with Crippen molar-refractivity contribution >= 4 is 0 Å². The Hall–Kier alpha value is -2.54. The van der Waals surface area contributed by atoms with Gasteiger partial charge in [0.1, 0.15) is 6.33 Å². The van der Waals surface area contributed by atoms with Gasteiger partial charge in [0.15, 0.2) is 5.76 Å². The zero-order chi connectivity index (χ0) is 12.4. The minimum Gasteiger partial charge on any atom is -0.356 e. The molecule has 0 saturated carbocycles. The maximum absolute atomic E-state index is 5.50. The van der Waals surface area contributed by atoms with E-state index in [0.29, 0.717) is 12.3 Å². The number of hydrogen-bond donors (Lipinski definition) is 1. The van der Waals surface area contributed by atoms with Crippen molar-refractivity contribution in [3.05, 3.63) is 42.4 Å². The number of rotatable bonds is 3. The van der Waals surface area contributed by atoms with Gasteiger partial charge in [-0.1, -0.05) is 17.3 Å². The van der Waals surface area contributed by atoms with E-state index in [0.717, 1.165) is 16.9 Å². The van der Waals surface area contributed by atoms with Crippen LogP contribution >= 0.6 is 0 Å². The maximum atomic E-state index is 5.50. The van der Waals surface area contributed by atoms with E-state index < -0.39 is 0 Å². The first-order valence-electron chi connectivity index (χ1n) is 5.36. The Kier molecular flexibility index (Phi) is 2.58. The summed E-state index contributed by atoms with van der Waals surface area (Å²) in [5, 5.41) is 14.9. The lowest BCUT2D eigenvalue weighted by Gasteiger charge is -2.00. The number of benzene rings is 1. The first-order valence-corrected chi connectivity index (χ1v) is 5.36. The first kappa shape index (κ1) is 10.6. The molecule has 0 amide bonds. The average molecular weight is 242 g/mol. The molecule has 0 saturated heterocycles. The van der Waals surface area contributed by atoms with E-state index in [2.05, 4.69) is 20.7 Å². The fourth-order valence-corrected chi connectivity index (χ4v) is 1.63. The van der Waals surface area contributed by atoms with Crippen molar-refractivity contribution in [1.29, 1.82) is 0 Å². The highest BCUT2D eigenvalue weighted by Gasteiger charge is 2.07. The summed E-state index contributed by atoms with van der Waals surface area (Å²) in [6.45, 7) is 0.357. The zero-order valence-electron chi connectivity index (χ0n) is 9.39. The van der Waals surface area contributed by atoms with Crippen LogP contribution in [0.25, 0.3) is 17.0 Å². The molecular formula is C11H10N6O. The Morgan fingerprint density at radius 3 is 2.94 bits per heavy atom. The molecule has 0 atom stereocenters. The van der Waals surface area contributed by atoms with E-state index in [9.17, 15) is 0 Å². The second-order valence-corrected chi connectivity index (χ2v) is 3.69. The highest BCUT2D eigenvalue weighted by atomic mass is 16.5. The van der Waals surface area contributed by atoms with E-state index in [-0.39, 0.29) is 0 Å². The van der Waals surface area contributed by atoms with E-state index in [1.54, 1.807) is 4.68 Å². The van der Waals surface area contributed by atoms with Crippen molar-refractivity contribution in [3.8, 4) is 17.0 Å². The van der Waals surface area contributed by atoms with Gasteiger partial charge in [-0.2, -0.15) is 0 Å². The van der Waals surface area contributed by atoms with Gasteiger partial charge in [0, 0.05) is 18.2 Å². The van der Waals surface area contributed by atoms with E-state index in [4.69, 9.17) is 10.3 Å². The van der Waals surface area contributed by atoms with Gasteiger partial charge in [0.2, 0.25) is 0 Å². The molecular weight excluding hydrogens is 232 g/mol. The van der Waals surface area contributed by atoms with Crippen molar-refractivity contribution in [2.45, 2.75) is 6.54 Å². The van der Waals surface area contributed by atoms with Crippen LogP contribution in [0.1, 0.15) is 5.69 Å². The lowest BCUT2D eigenvalue weighted by Crippen LogP contribution is -1.95. The highest BCUT2D eigenvalue weighted by molar-refractivity contribution is 5.60. The molecule has 2 N–H and O–H groups in total. The molecule has 0 aliphatic rings. The summed E-state index contributed by atoms with van der Waals surface area (Å²) in [7, 11) is 0. The Labute approximate surface area is 102 Å². The van der Waals surface area contributed by atoms with Gasteiger partial charge in [0.25, 0.3) is 0 Å². The van der Waals surface area contributed by atoms with Gasteiger partial charge >= 0.3 is 0 Å². The lowest BCUT2D eigenvalue weighted by atomic mass is 10.1. The van der Waals surface area contributed by atoms with Crippen LogP contribution in [-0.4, -0.2) is 25.4 Å². The summed E-state index contributed by atoms with van der Waals surface area (Å²) < 4.78 is 6.80. The predicted molar refractivity (Wildman–Crippen MR) is 62.5 cm³/mol. The average Bonchev–Trinajstić information content (AvgIpc) is 3.10. The van der Waals surface area contributed by atoms with Crippen molar-refractivity contribution < 1.29 is 4.52 Å². The van der Waals surface area contributed by atoms with Gasteiger partial charge < -0.3 is 10.3 Å². The Morgan fingerprint density at radius 1 is 1.28 bits per heavy atom. The molecule has 2 aromatic heterocycles. The van der Waals surface area contributed by atoms with Crippen LogP contribution in [0.4, 0.5) is 0 Å². The summed E-state index contributed by atoms with van der Waals surface area (Å²) >= 11 is 0. The fraction of sp³-hybridized carbons (Fsp3) is 0.0909. The zero-order valence-corrected chi connectivity index (χ0v) is 9.39. The van der Waals surface area contributed by atoms with E-state index >= 15 is 0 Å². The van der Waals surface area contributed by atoms with Crippen molar-refractivity contribution in [1.82, 2.24) is 25.4 Å². The second kappa shape index (κ2) is 4.38. The minimum atomic E-state index is 0.357. The summed E-state index contributed by atoms with van der Waals surface area (Å²) in [6.07, 6.45) is 1.53. The van der Waals surface area contributed by atoms with Crippen LogP contribution < -0.4 is 5.73 Å².